The van der Waals surface area contributed by atoms with Crippen LogP contribution in [0, 0.1) is 0 Å². The van der Waals surface area contributed by atoms with E-state index in [-0.39, 0.29) is 16.9 Å². The number of hydrogen-bond acceptors (Lipinski definition) is 4. The van der Waals surface area contributed by atoms with Gasteiger partial charge in [-0.25, -0.2) is 4.98 Å². The van der Waals surface area contributed by atoms with Gasteiger partial charge in [0.05, 0.1) is 34.8 Å². The Labute approximate surface area is 191 Å². The minimum Gasteiger partial charge on any atom is -0.495 e. The normalized spacial score (nSPS) is 11.2. The van der Waals surface area contributed by atoms with Crippen LogP contribution in [0.3, 0.4) is 0 Å². The van der Waals surface area contributed by atoms with Gasteiger partial charge in [0.1, 0.15) is 5.75 Å². The number of pyridine rings is 1. The number of aromatic nitrogens is 3. The first-order valence-electron chi connectivity index (χ1n) is 9.94. The summed E-state index contributed by atoms with van der Waals surface area (Å²) >= 11 is 3.50. The Hall–Kier alpha value is -3.71. The molecule has 158 valence electrons. The molecule has 6 nitrogen and oxygen atoms in total. The molecule has 0 aliphatic heterocycles. The zero-order chi connectivity index (χ0) is 22.4. The molecule has 7 heteroatoms. The van der Waals surface area contributed by atoms with E-state index in [1.54, 1.807) is 55.1 Å². The molecule has 0 aliphatic rings. The van der Waals surface area contributed by atoms with E-state index in [0.29, 0.717) is 27.9 Å². The molecule has 0 aliphatic carbocycles. The lowest BCUT2D eigenvalue weighted by molar-refractivity contribution is 0.412. The van der Waals surface area contributed by atoms with Crippen molar-refractivity contribution in [3.05, 3.63) is 98.0 Å². The van der Waals surface area contributed by atoms with Crippen LogP contribution >= 0.6 is 15.9 Å². The number of rotatable bonds is 3. The number of fused-ring (bicyclic) bond motifs is 2. The van der Waals surface area contributed by atoms with Gasteiger partial charge in [-0.05, 0) is 48.5 Å². The van der Waals surface area contributed by atoms with Gasteiger partial charge in [0.2, 0.25) is 0 Å². The summed E-state index contributed by atoms with van der Waals surface area (Å²) in [6, 6.07) is 21.8. The summed E-state index contributed by atoms with van der Waals surface area (Å²) in [7, 11) is 3.26. The molecular formula is C25H18BrN3O3. The van der Waals surface area contributed by atoms with Gasteiger partial charge in [-0.3, -0.25) is 14.2 Å². The molecule has 0 radical (unpaired) electrons. The molecule has 5 aromatic rings. The summed E-state index contributed by atoms with van der Waals surface area (Å²) in [6.45, 7) is 0. The number of nitrogens with zero attached hydrogens (tertiary/aromatic N) is 3. The van der Waals surface area contributed by atoms with Crippen LogP contribution < -0.4 is 15.9 Å². The van der Waals surface area contributed by atoms with Gasteiger partial charge < -0.3 is 9.30 Å². The number of methoxy groups -OCH3 is 1. The number of ether oxygens (including phenoxy) is 1. The summed E-state index contributed by atoms with van der Waals surface area (Å²) in [6.07, 6.45) is 0. The highest BCUT2D eigenvalue weighted by Gasteiger charge is 2.20. The van der Waals surface area contributed by atoms with Crippen molar-refractivity contribution in [2.45, 2.75) is 0 Å². The highest BCUT2D eigenvalue weighted by atomic mass is 79.9. The molecule has 2 heterocycles. The molecule has 0 bridgehead atoms. The van der Waals surface area contributed by atoms with Crippen LogP contribution in [0.2, 0.25) is 0 Å². The predicted molar refractivity (Wildman–Crippen MR) is 130 cm³/mol. The van der Waals surface area contributed by atoms with Gasteiger partial charge in [0.25, 0.3) is 11.1 Å². The Bertz CT molecular complexity index is 1640. The van der Waals surface area contributed by atoms with Crippen molar-refractivity contribution in [1.29, 1.82) is 0 Å². The Morgan fingerprint density at radius 3 is 2.47 bits per heavy atom. The first kappa shape index (κ1) is 20.2. The van der Waals surface area contributed by atoms with Crippen LogP contribution in [-0.4, -0.2) is 21.2 Å². The number of aryl methyl sites for hydroxylation is 1. The maximum Gasteiger partial charge on any atom is 0.266 e. The maximum atomic E-state index is 13.7. The van der Waals surface area contributed by atoms with E-state index in [1.165, 1.54) is 4.57 Å². The number of halogens is 1. The van der Waals surface area contributed by atoms with Crippen LogP contribution in [-0.2, 0) is 7.05 Å². The fourth-order valence-corrected chi connectivity index (χ4v) is 4.34. The first-order valence-corrected chi connectivity index (χ1v) is 10.7. The molecular weight excluding hydrogens is 470 g/mol. The monoisotopic (exact) mass is 487 g/mol. The number of benzene rings is 3. The summed E-state index contributed by atoms with van der Waals surface area (Å²) in [5, 5.41) is 1.31. The Morgan fingerprint density at radius 1 is 0.906 bits per heavy atom. The second-order valence-corrected chi connectivity index (χ2v) is 8.31. The van der Waals surface area contributed by atoms with Gasteiger partial charge in [0, 0.05) is 16.9 Å². The lowest BCUT2D eigenvalue weighted by Crippen LogP contribution is -2.26. The lowest BCUT2D eigenvalue weighted by atomic mass is 10.1. The Morgan fingerprint density at radius 2 is 1.66 bits per heavy atom. The molecule has 0 N–H and O–H groups in total. The lowest BCUT2D eigenvalue weighted by Gasteiger charge is -2.17. The van der Waals surface area contributed by atoms with Crippen molar-refractivity contribution in [3.63, 3.8) is 0 Å². The van der Waals surface area contributed by atoms with E-state index >= 15 is 0 Å². The average Bonchev–Trinajstić information content (AvgIpc) is 2.81. The second kappa shape index (κ2) is 7.76. The number of hydrogen-bond donors (Lipinski definition) is 0. The fraction of sp³-hybridized carbons (Fsp3) is 0.0800. The van der Waals surface area contributed by atoms with Crippen LogP contribution in [0.15, 0.2) is 86.9 Å². The largest absolute Gasteiger partial charge is 0.495 e. The van der Waals surface area contributed by atoms with E-state index in [4.69, 9.17) is 9.72 Å². The molecule has 0 atom stereocenters. The fourth-order valence-electron chi connectivity index (χ4n) is 3.97. The molecule has 0 amide bonds. The van der Waals surface area contributed by atoms with Gasteiger partial charge in [-0.15, -0.1) is 0 Å². The SMILES string of the molecule is COc1ccccc1-n1c(-c2cc3cc(Br)ccc3n(C)c2=O)nc2ccccc2c1=O. The van der Waals surface area contributed by atoms with E-state index in [1.807, 2.05) is 36.4 Å². The molecule has 0 saturated carbocycles. The van der Waals surface area contributed by atoms with Crippen LogP contribution in [0.5, 0.6) is 5.75 Å². The maximum absolute atomic E-state index is 13.7. The van der Waals surface area contributed by atoms with Crippen LogP contribution in [0.25, 0.3) is 38.9 Å². The third-order valence-corrected chi connectivity index (χ3v) is 6.02. The van der Waals surface area contributed by atoms with E-state index in [2.05, 4.69) is 15.9 Å². The van der Waals surface area contributed by atoms with E-state index in [9.17, 15) is 9.59 Å². The van der Waals surface area contributed by atoms with Crippen molar-refractivity contribution in [2.75, 3.05) is 7.11 Å². The van der Waals surface area contributed by atoms with E-state index in [0.717, 1.165) is 15.4 Å². The zero-order valence-electron chi connectivity index (χ0n) is 17.4. The van der Waals surface area contributed by atoms with Gasteiger partial charge in [-0.2, -0.15) is 0 Å². The molecule has 2 aromatic heterocycles. The quantitative estimate of drug-likeness (QED) is 0.370. The van der Waals surface area contributed by atoms with Crippen molar-refractivity contribution in [1.82, 2.24) is 14.1 Å². The molecule has 0 saturated heterocycles. The third kappa shape index (κ3) is 3.13. The highest BCUT2D eigenvalue weighted by Crippen LogP contribution is 2.28. The molecule has 32 heavy (non-hydrogen) atoms. The molecule has 0 unspecified atom stereocenters. The van der Waals surface area contributed by atoms with Crippen molar-refractivity contribution in [2.24, 2.45) is 7.05 Å². The predicted octanol–water partition coefficient (Wildman–Crippen LogP) is 4.68. The summed E-state index contributed by atoms with van der Waals surface area (Å²) < 4.78 is 9.45. The molecule has 0 spiro atoms. The summed E-state index contributed by atoms with van der Waals surface area (Å²) in [5.41, 5.74) is 1.64. The van der Waals surface area contributed by atoms with E-state index < -0.39 is 0 Å². The van der Waals surface area contributed by atoms with Gasteiger partial charge in [-0.1, -0.05) is 40.2 Å². The highest BCUT2D eigenvalue weighted by molar-refractivity contribution is 9.10. The summed E-state index contributed by atoms with van der Waals surface area (Å²) in [5.74, 6) is 0.772. The molecule has 3 aromatic carbocycles. The van der Waals surface area contributed by atoms with Crippen molar-refractivity contribution < 1.29 is 4.74 Å². The van der Waals surface area contributed by atoms with Crippen molar-refractivity contribution in [3.8, 4) is 22.8 Å². The smallest absolute Gasteiger partial charge is 0.266 e. The standard InChI is InChI=1S/C25H18BrN3O3/c1-28-20-12-11-16(26)13-15(20)14-18(24(28)30)23-27-19-8-4-3-7-17(19)25(31)29(23)21-9-5-6-10-22(21)32-2/h3-14H,1-2H3. The average molecular weight is 488 g/mol. The minimum absolute atomic E-state index is 0.245. The van der Waals surface area contributed by atoms with Crippen molar-refractivity contribution >= 4 is 37.7 Å². The Kier molecular flexibility index (Phi) is 4.90. The topological polar surface area (TPSA) is 66.1 Å². The van der Waals surface area contributed by atoms with Gasteiger partial charge in [0.15, 0.2) is 5.82 Å². The molecule has 5 rings (SSSR count). The number of para-hydroxylation sites is 3. The van der Waals surface area contributed by atoms with Crippen LogP contribution in [0.1, 0.15) is 0 Å². The van der Waals surface area contributed by atoms with Crippen LogP contribution in [0.4, 0.5) is 0 Å². The Balaban J connectivity index is 1.97. The third-order valence-electron chi connectivity index (χ3n) is 5.53. The van der Waals surface area contributed by atoms with Gasteiger partial charge >= 0.3 is 0 Å². The minimum atomic E-state index is -0.272. The second-order valence-electron chi connectivity index (χ2n) is 7.39. The first-order chi connectivity index (χ1) is 15.5. The molecule has 0 fully saturated rings. The zero-order valence-corrected chi connectivity index (χ0v) is 19.0. The summed E-state index contributed by atoms with van der Waals surface area (Å²) in [4.78, 5) is 31.8.